The van der Waals surface area contributed by atoms with E-state index in [2.05, 4.69) is 19.7 Å². The zero-order valence-corrected chi connectivity index (χ0v) is 21.5. The molecule has 1 atom stereocenters. The third kappa shape index (κ3) is 7.49. The number of halogens is 1. The van der Waals surface area contributed by atoms with E-state index in [1.807, 2.05) is 20.8 Å². The molecule has 0 saturated carbocycles. The van der Waals surface area contributed by atoms with Crippen molar-refractivity contribution in [2.45, 2.75) is 39.0 Å². The van der Waals surface area contributed by atoms with Gasteiger partial charge in [-0.15, -0.1) is 0 Å². The summed E-state index contributed by atoms with van der Waals surface area (Å²) >= 11 is 0. The van der Waals surface area contributed by atoms with Crippen molar-refractivity contribution < 1.29 is 23.4 Å². The number of aliphatic hydroxyl groups is 1. The Morgan fingerprint density at radius 2 is 1.69 bits per heavy atom. The molecule has 2 aliphatic rings. The van der Waals surface area contributed by atoms with Crippen molar-refractivity contribution >= 4 is 11.6 Å². The largest absolute Gasteiger partial charge is 0.447 e. The highest BCUT2D eigenvalue weighted by Gasteiger charge is 2.26. The van der Waals surface area contributed by atoms with Crippen LogP contribution in [0.5, 0.6) is 0 Å². The number of benzene rings is 1. The molecule has 1 aromatic carbocycles. The highest BCUT2D eigenvalue weighted by Crippen LogP contribution is 2.18. The SMILES string of the molecule is CC(C)(C)OCC(O)CN1CCN(Cc2nc(C(=O)N3CCN(c4ccc(F)cc4)CC3)co2)CC1. The highest BCUT2D eigenvalue weighted by molar-refractivity contribution is 5.92. The minimum absolute atomic E-state index is 0.125. The number of anilines is 1. The minimum atomic E-state index is -0.506. The molecule has 3 heterocycles. The Kier molecular flexibility index (Phi) is 8.61. The van der Waals surface area contributed by atoms with E-state index >= 15 is 0 Å². The number of hydrogen-bond donors (Lipinski definition) is 1. The van der Waals surface area contributed by atoms with Gasteiger partial charge in [0.05, 0.1) is 24.9 Å². The fourth-order valence-electron chi connectivity index (χ4n) is 4.48. The van der Waals surface area contributed by atoms with Crippen LogP contribution in [0.3, 0.4) is 0 Å². The molecule has 2 saturated heterocycles. The summed E-state index contributed by atoms with van der Waals surface area (Å²) in [5.74, 6) is 0.159. The summed E-state index contributed by atoms with van der Waals surface area (Å²) in [7, 11) is 0. The molecule has 0 radical (unpaired) electrons. The normalized spacial score (nSPS) is 19.0. The van der Waals surface area contributed by atoms with Gasteiger partial charge in [-0.1, -0.05) is 0 Å². The van der Waals surface area contributed by atoms with E-state index < -0.39 is 6.10 Å². The number of piperazine rings is 2. The first kappa shape index (κ1) is 26.5. The van der Waals surface area contributed by atoms with Crippen LogP contribution in [0.4, 0.5) is 10.1 Å². The maximum absolute atomic E-state index is 13.2. The van der Waals surface area contributed by atoms with E-state index in [0.29, 0.717) is 57.5 Å². The number of oxazole rings is 1. The molecule has 2 aliphatic heterocycles. The summed E-state index contributed by atoms with van der Waals surface area (Å²) in [4.78, 5) is 25.8. The predicted octanol–water partition coefficient (Wildman–Crippen LogP) is 2.07. The van der Waals surface area contributed by atoms with E-state index in [1.54, 1.807) is 17.0 Å². The van der Waals surface area contributed by atoms with Gasteiger partial charge in [-0.25, -0.2) is 9.37 Å². The van der Waals surface area contributed by atoms with Gasteiger partial charge in [0, 0.05) is 64.6 Å². The summed E-state index contributed by atoms with van der Waals surface area (Å²) in [5, 5.41) is 10.3. The quantitative estimate of drug-likeness (QED) is 0.586. The molecule has 36 heavy (non-hydrogen) atoms. The van der Waals surface area contributed by atoms with Crippen LogP contribution in [0.1, 0.15) is 37.2 Å². The van der Waals surface area contributed by atoms with Crippen molar-refractivity contribution in [1.29, 1.82) is 0 Å². The second-order valence-corrected chi connectivity index (χ2v) is 10.5. The van der Waals surface area contributed by atoms with Gasteiger partial charge < -0.3 is 24.1 Å². The van der Waals surface area contributed by atoms with Crippen LogP contribution in [0.25, 0.3) is 0 Å². The average molecular weight is 504 g/mol. The maximum atomic E-state index is 13.2. The smallest absolute Gasteiger partial charge is 0.275 e. The average Bonchev–Trinajstić information content (AvgIpc) is 3.32. The first-order valence-electron chi connectivity index (χ1n) is 12.7. The van der Waals surface area contributed by atoms with Crippen LogP contribution in [-0.4, -0.2) is 108 Å². The Morgan fingerprint density at radius 3 is 2.33 bits per heavy atom. The van der Waals surface area contributed by atoms with Gasteiger partial charge in [0.1, 0.15) is 12.1 Å². The van der Waals surface area contributed by atoms with Crippen LogP contribution in [0.15, 0.2) is 34.9 Å². The van der Waals surface area contributed by atoms with E-state index in [4.69, 9.17) is 9.15 Å². The zero-order valence-electron chi connectivity index (χ0n) is 21.5. The van der Waals surface area contributed by atoms with Crippen LogP contribution < -0.4 is 4.90 Å². The fourth-order valence-corrected chi connectivity index (χ4v) is 4.48. The molecule has 198 valence electrons. The number of aliphatic hydroxyl groups excluding tert-OH is 1. The first-order chi connectivity index (χ1) is 17.2. The first-order valence-corrected chi connectivity index (χ1v) is 12.7. The minimum Gasteiger partial charge on any atom is -0.447 e. The Bertz CT molecular complexity index is 977. The molecule has 1 unspecified atom stereocenters. The molecular formula is C26H38FN5O4. The number of ether oxygens (including phenoxy) is 1. The number of carbonyl (C=O) groups is 1. The van der Waals surface area contributed by atoms with Gasteiger partial charge in [-0.2, -0.15) is 0 Å². The van der Waals surface area contributed by atoms with Gasteiger partial charge in [0.25, 0.3) is 5.91 Å². The molecule has 0 aliphatic carbocycles. The number of β-amino-alcohol motifs (C(OH)–C–C–N with tert-alkyl or cyclic N) is 1. The summed E-state index contributed by atoms with van der Waals surface area (Å²) in [6.45, 7) is 13.3. The lowest BCUT2D eigenvalue weighted by Gasteiger charge is -2.35. The van der Waals surface area contributed by atoms with Crippen LogP contribution in [-0.2, 0) is 11.3 Å². The lowest BCUT2D eigenvalue weighted by molar-refractivity contribution is -0.0588. The third-order valence-electron chi connectivity index (χ3n) is 6.53. The van der Waals surface area contributed by atoms with Gasteiger partial charge in [0.2, 0.25) is 5.89 Å². The maximum Gasteiger partial charge on any atom is 0.275 e. The van der Waals surface area contributed by atoms with Crippen LogP contribution in [0, 0.1) is 5.82 Å². The van der Waals surface area contributed by atoms with Crippen molar-refractivity contribution in [2.75, 3.05) is 70.4 Å². The van der Waals surface area contributed by atoms with E-state index in [-0.39, 0.29) is 17.3 Å². The van der Waals surface area contributed by atoms with Crippen molar-refractivity contribution in [3.8, 4) is 0 Å². The van der Waals surface area contributed by atoms with Gasteiger partial charge in [-0.05, 0) is 45.0 Å². The van der Waals surface area contributed by atoms with Gasteiger partial charge in [0.15, 0.2) is 5.69 Å². The van der Waals surface area contributed by atoms with Gasteiger partial charge in [-0.3, -0.25) is 14.6 Å². The fraction of sp³-hybridized carbons (Fsp3) is 0.615. The number of rotatable bonds is 8. The Hall–Kier alpha value is -2.53. The molecule has 2 aromatic rings. The molecule has 1 N–H and O–H groups in total. The molecule has 10 heteroatoms. The lowest BCUT2D eigenvalue weighted by Crippen LogP contribution is -2.49. The molecular weight excluding hydrogens is 465 g/mol. The summed E-state index contributed by atoms with van der Waals surface area (Å²) in [6.07, 6.45) is 0.944. The van der Waals surface area contributed by atoms with Crippen molar-refractivity contribution in [3.63, 3.8) is 0 Å². The molecule has 1 amide bonds. The highest BCUT2D eigenvalue weighted by atomic mass is 19.1. The Balaban J connectivity index is 1.19. The number of nitrogens with zero attached hydrogens (tertiary/aromatic N) is 5. The van der Waals surface area contributed by atoms with Crippen molar-refractivity contribution in [1.82, 2.24) is 19.7 Å². The third-order valence-corrected chi connectivity index (χ3v) is 6.53. The van der Waals surface area contributed by atoms with Gasteiger partial charge >= 0.3 is 0 Å². The summed E-state index contributed by atoms with van der Waals surface area (Å²) < 4.78 is 24.5. The second-order valence-electron chi connectivity index (χ2n) is 10.5. The Labute approximate surface area is 212 Å². The molecule has 1 aromatic heterocycles. The van der Waals surface area contributed by atoms with E-state index in [0.717, 1.165) is 31.9 Å². The van der Waals surface area contributed by atoms with Crippen molar-refractivity contribution in [2.24, 2.45) is 0 Å². The number of amides is 1. The zero-order chi connectivity index (χ0) is 25.7. The van der Waals surface area contributed by atoms with E-state index in [1.165, 1.54) is 18.4 Å². The standard InChI is InChI=1S/C26H38FN5O4/c1-26(2,3)36-18-22(33)16-29-8-10-30(11-9-29)17-24-28-23(19-35-24)25(34)32-14-12-31(13-15-32)21-6-4-20(27)5-7-21/h4-7,19,22,33H,8-18H2,1-3H3. The summed E-state index contributed by atoms with van der Waals surface area (Å²) in [5.41, 5.74) is 1.04. The predicted molar refractivity (Wildman–Crippen MR) is 134 cm³/mol. The van der Waals surface area contributed by atoms with Crippen molar-refractivity contribution in [3.05, 3.63) is 47.9 Å². The van der Waals surface area contributed by atoms with E-state index in [9.17, 15) is 14.3 Å². The molecule has 4 rings (SSSR count). The monoisotopic (exact) mass is 503 g/mol. The summed E-state index contributed by atoms with van der Waals surface area (Å²) in [6, 6.07) is 6.44. The molecule has 9 nitrogen and oxygen atoms in total. The number of hydrogen-bond acceptors (Lipinski definition) is 8. The number of aromatic nitrogens is 1. The molecule has 0 spiro atoms. The lowest BCUT2D eigenvalue weighted by atomic mass is 10.2. The second kappa shape index (κ2) is 11.7. The van der Waals surface area contributed by atoms with Crippen LogP contribution in [0.2, 0.25) is 0 Å². The number of carbonyl (C=O) groups excluding carboxylic acids is 1. The Morgan fingerprint density at radius 1 is 1.06 bits per heavy atom. The van der Waals surface area contributed by atoms with Crippen LogP contribution >= 0.6 is 0 Å². The topological polar surface area (TPSA) is 85.5 Å². The molecule has 0 bridgehead atoms. The molecule has 2 fully saturated rings.